The summed E-state index contributed by atoms with van der Waals surface area (Å²) >= 11 is 0. The van der Waals surface area contributed by atoms with E-state index in [1.807, 2.05) is 32.0 Å². The fourth-order valence-corrected chi connectivity index (χ4v) is 3.33. The summed E-state index contributed by atoms with van der Waals surface area (Å²) in [7, 11) is 1.36. The Kier molecular flexibility index (Phi) is 6.91. The summed E-state index contributed by atoms with van der Waals surface area (Å²) in [6.07, 6.45) is -3.98. The molecule has 0 unspecified atom stereocenters. The average molecular weight is 447 g/mol. The monoisotopic (exact) mass is 447 g/mol. The second-order valence-corrected chi connectivity index (χ2v) is 7.47. The van der Waals surface area contributed by atoms with Crippen molar-refractivity contribution < 1.29 is 31.9 Å². The van der Waals surface area contributed by atoms with Crippen LogP contribution < -0.4 is 4.74 Å². The number of esters is 1. The number of carbonyl (C=O) groups is 1. The van der Waals surface area contributed by atoms with E-state index in [1.54, 1.807) is 6.92 Å². The smallest absolute Gasteiger partial charge is 0.416 e. The van der Waals surface area contributed by atoms with E-state index in [0.717, 1.165) is 23.3 Å². The number of benzene rings is 2. The molecule has 0 aliphatic carbocycles. The molecule has 1 aromatic heterocycles. The highest BCUT2D eigenvalue weighted by Gasteiger charge is 2.30. The van der Waals surface area contributed by atoms with Gasteiger partial charge in [0.15, 0.2) is 11.9 Å². The van der Waals surface area contributed by atoms with Crippen LogP contribution in [-0.2, 0) is 22.1 Å². The minimum absolute atomic E-state index is 0.232. The Morgan fingerprint density at radius 1 is 1.12 bits per heavy atom. The van der Waals surface area contributed by atoms with Gasteiger partial charge in [0.2, 0.25) is 5.89 Å². The van der Waals surface area contributed by atoms with Gasteiger partial charge in [0, 0.05) is 12.0 Å². The Balaban J connectivity index is 1.72. The molecule has 0 saturated heterocycles. The Labute approximate surface area is 184 Å². The number of hydrogen-bond acceptors (Lipinski definition) is 5. The number of rotatable bonds is 7. The largest absolute Gasteiger partial charge is 0.483 e. The van der Waals surface area contributed by atoms with E-state index in [9.17, 15) is 18.0 Å². The topological polar surface area (TPSA) is 61.6 Å². The SMILES string of the molecule is COC(=O)CCc1ccc(O[C@@H](C)c2oc(-c3ccc(C(F)(F)F)cc3)nc2C)cc1C. The van der Waals surface area contributed by atoms with Crippen molar-refractivity contribution in [2.24, 2.45) is 0 Å². The summed E-state index contributed by atoms with van der Waals surface area (Å²) < 4.78 is 54.8. The first kappa shape index (κ1) is 23.4. The molecule has 1 atom stereocenters. The molecule has 0 radical (unpaired) electrons. The fraction of sp³-hybridized carbons (Fsp3) is 0.333. The molecular formula is C24H24F3NO4. The van der Waals surface area contributed by atoms with Crippen LogP contribution in [0.4, 0.5) is 13.2 Å². The Hall–Kier alpha value is -3.29. The van der Waals surface area contributed by atoms with Gasteiger partial charge >= 0.3 is 12.1 Å². The fourth-order valence-electron chi connectivity index (χ4n) is 3.33. The molecule has 3 rings (SSSR count). The van der Waals surface area contributed by atoms with Crippen molar-refractivity contribution in [3.8, 4) is 17.2 Å². The van der Waals surface area contributed by atoms with Gasteiger partial charge in [-0.2, -0.15) is 13.2 Å². The van der Waals surface area contributed by atoms with Crippen LogP contribution in [-0.4, -0.2) is 18.1 Å². The maximum Gasteiger partial charge on any atom is 0.416 e. The number of ether oxygens (including phenoxy) is 2. The third kappa shape index (κ3) is 5.49. The molecule has 0 aliphatic heterocycles. The van der Waals surface area contributed by atoms with Crippen molar-refractivity contribution in [2.75, 3.05) is 7.11 Å². The lowest BCUT2D eigenvalue weighted by Crippen LogP contribution is -2.05. The van der Waals surface area contributed by atoms with Crippen LogP contribution in [0.3, 0.4) is 0 Å². The van der Waals surface area contributed by atoms with Crippen LogP contribution in [0, 0.1) is 13.8 Å². The normalized spacial score (nSPS) is 12.5. The molecule has 0 aliphatic rings. The minimum Gasteiger partial charge on any atom is -0.483 e. The summed E-state index contributed by atoms with van der Waals surface area (Å²) in [6.45, 7) is 5.50. The second-order valence-electron chi connectivity index (χ2n) is 7.47. The summed E-state index contributed by atoms with van der Waals surface area (Å²) in [5, 5.41) is 0. The summed E-state index contributed by atoms with van der Waals surface area (Å²) in [5.74, 6) is 1.09. The maximum absolute atomic E-state index is 12.8. The first-order valence-corrected chi connectivity index (χ1v) is 10.1. The first-order chi connectivity index (χ1) is 15.1. The molecule has 0 bridgehead atoms. The zero-order valence-electron chi connectivity index (χ0n) is 18.2. The van der Waals surface area contributed by atoms with Gasteiger partial charge in [-0.1, -0.05) is 6.07 Å². The van der Waals surface area contributed by atoms with Crippen LogP contribution >= 0.6 is 0 Å². The standard InChI is InChI=1S/C24H24F3NO4/c1-14-13-20(11-7-17(14)8-12-21(29)30-4)31-16(3)22-15(2)28-23(32-22)18-5-9-19(10-6-18)24(25,26)27/h5-7,9-11,13,16H,8,12H2,1-4H3/t16-/m0/s1. The number of methoxy groups -OCH3 is 1. The average Bonchev–Trinajstić information content (AvgIpc) is 3.14. The highest BCUT2D eigenvalue weighted by atomic mass is 19.4. The van der Waals surface area contributed by atoms with Gasteiger partial charge < -0.3 is 13.9 Å². The summed E-state index contributed by atoms with van der Waals surface area (Å²) in [6, 6.07) is 10.3. The zero-order valence-corrected chi connectivity index (χ0v) is 18.2. The Bertz CT molecular complexity index is 1090. The molecule has 32 heavy (non-hydrogen) atoms. The molecule has 8 heteroatoms. The quantitative estimate of drug-likeness (QED) is 0.402. The predicted octanol–water partition coefficient (Wildman–Crippen LogP) is 6.22. The number of halogens is 3. The number of nitrogens with zero attached hydrogens (tertiary/aromatic N) is 1. The number of hydrogen-bond donors (Lipinski definition) is 0. The zero-order chi connectivity index (χ0) is 23.5. The van der Waals surface area contributed by atoms with Gasteiger partial charge in [-0.3, -0.25) is 4.79 Å². The van der Waals surface area contributed by atoms with Crippen molar-refractivity contribution >= 4 is 5.97 Å². The van der Waals surface area contributed by atoms with Gasteiger partial charge in [-0.05, 0) is 74.7 Å². The summed E-state index contributed by atoms with van der Waals surface area (Å²) in [4.78, 5) is 15.7. The van der Waals surface area contributed by atoms with Crippen molar-refractivity contribution in [3.05, 3.63) is 70.6 Å². The van der Waals surface area contributed by atoms with Crippen LogP contribution in [0.5, 0.6) is 5.75 Å². The summed E-state index contributed by atoms with van der Waals surface area (Å²) in [5.41, 5.74) is 2.32. The number of aromatic nitrogens is 1. The highest BCUT2D eigenvalue weighted by Crippen LogP contribution is 2.33. The minimum atomic E-state index is -4.40. The van der Waals surface area contributed by atoms with E-state index < -0.39 is 17.8 Å². The molecule has 0 spiro atoms. The molecule has 3 aromatic rings. The van der Waals surface area contributed by atoms with Gasteiger partial charge in [0.1, 0.15) is 5.75 Å². The predicted molar refractivity (Wildman–Crippen MR) is 112 cm³/mol. The highest BCUT2D eigenvalue weighted by molar-refractivity contribution is 5.69. The van der Waals surface area contributed by atoms with Crippen LogP contribution in [0.15, 0.2) is 46.9 Å². The molecule has 5 nitrogen and oxygen atoms in total. The maximum atomic E-state index is 12.8. The van der Waals surface area contributed by atoms with E-state index in [-0.39, 0.29) is 11.9 Å². The molecule has 2 aromatic carbocycles. The van der Waals surface area contributed by atoms with Gasteiger partial charge in [0.25, 0.3) is 0 Å². The second kappa shape index (κ2) is 9.46. The van der Waals surface area contributed by atoms with Crippen molar-refractivity contribution in [1.82, 2.24) is 4.98 Å². The van der Waals surface area contributed by atoms with Crippen LogP contribution in [0.25, 0.3) is 11.5 Å². The molecule has 0 saturated carbocycles. The van der Waals surface area contributed by atoms with Gasteiger partial charge in [0.05, 0.1) is 18.4 Å². The molecule has 1 heterocycles. The van der Waals surface area contributed by atoms with E-state index in [0.29, 0.717) is 35.6 Å². The third-order valence-electron chi connectivity index (χ3n) is 5.11. The third-order valence-corrected chi connectivity index (χ3v) is 5.11. The molecule has 170 valence electrons. The first-order valence-electron chi connectivity index (χ1n) is 10.1. The Morgan fingerprint density at radius 2 is 1.81 bits per heavy atom. The van der Waals surface area contributed by atoms with E-state index in [4.69, 9.17) is 9.15 Å². The van der Waals surface area contributed by atoms with Crippen LogP contribution in [0.2, 0.25) is 0 Å². The van der Waals surface area contributed by atoms with Gasteiger partial charge in [-0.25, -0.2) is 4.98 Å². The van der Waals surface area contributed by atoms with Crippen LogP contribution in [0.1, 0.15) is 47.6 Å². The van der Waals surface area contributed by atoms with E-state index in [1.165, 1.54) is 19.2 Å². The van der Waals surface area contributed by atoms with Crippen molar-refractivity contribution in [3.63, 3.8) is 0 Å². The van der Waals surface area contributed by atoms with Crippen molar-refractivity contribution in [2.45, 2.75) is 45.9 Å². The Morgan fingerprint density at radius 3 is 2.41 bits per heavy atom. The number of oxazole rings is 1. The molecular weight excluding hydrogens is 423 g/mol. The van der Waals surface area contributed by atoms with E-state index in [2.05, 4.69) is 9.72 Å². The lowest BCUT2D eigenvalue weighted by atomic mass is 10.0. The molecule has 0 amide bonds. The number of alkyl halides is 3. The number of aryl methyl sites for hydroxylation is 3. The van der Waals surface area contributed by atoms with Crippen molar-refractivity contribution in [1.29, 1.82) is 0 Å². The molecule has 0 fully saturated rings. The van der Waals surface area contributed by atoms with E-state index >= 15 is 0 Å². The van der Waals surface area contributed by atoms with Gasteiger partial charge in [-0.15, -0.1) is 0 Å². The number of carbonyl (C=O) groups excluding carboxylic acids is 1. The lowest BCUT2D eigenvalue weighted by molar-refractivity contribution is -0.140. The lowest BCUT2D eigenvalue weighted by Gasteiger charge is -2.15. The molecule has 0 N–H and O–H groups in total.